The van der Waals surface area contributed by atoms with Gasteiger partial charge in [-0.05, 0) is 60.7 Å². The zero-order chi connectivity index (χ0) is 24.1. The van der Waals surface area contributed by atoms with Gasteiger partial charge in [0.05, 0.1) is 17.7 Å². The van der Waals surface area contributed by atoms with Gasteiger partial charge in [0.2, 0.25) is 0 Å². The van der Waals surface area contributed by atoms with Crippen molar-refractivity contribution in [1.29, 1.82) is 0 Å². The van der Waals surface area contributed by atoms with Crippen molar-refractivity contribution < 1.29 is 19.1 Å². The van der Waals surface area contributed by atoms with Crippen molar-refractivity contribution in [3.8, 4) is 11.5 Å². The van der Waals surface area contributed by atoms with E-state index in [-0.39, 0.29) is 18.4 Å². The van der Waals surface area contributed by atoms with Gasteiger partial charge in [-0.1, -0.05) is 53.8 Å². The molecule has 1 heterocycles. The van der Waals surface area contributed by atoms with Crippen molar-refractivity contribution in [3.05, 3.63) is 88.3 Å². The molecule has 4 rings (SSSR count). The second kappa shape index (κ2) is 10.7. The lowest BCUT2D eigenvalue weighted by atomic mass is 10.2. The van der Waals surface area contributed by atoms with Crippen molar-refractivity contribution in [2.75, 3.05) is 23.9 Å². The van der Waals surface area contributed by atoms with Crippen molar-refractivity contribution >= 4 is 69.2 Å². The number of thiocarbonyl (C=S) groups is 1. The van der Waals surface area contributed by atoms with Gasteiger partial charge in [0, 0.05) is 16.3 Å². The molecule has 0 unspecified atom stereocenters. The fraction of sp³-hybridized carbons (Fsp3) is 0.0800. The smallest absolute Gasteiger partial charge is 0.270 e. The lowest BCUT2D eigenvalue weighted by molar-refractivity contribution is -0.118. The Bertz CT molecular complexity index is 1260. The van der Waals surface area contributed by atoms with Gasteiger partial charge >= 0.3 is 0 Å². The van der Waals surface area contributed by atoms with E-state index in [1.165, 1.54) is 16.7 Å². The van der Waals surface area contributed by atoms with Crippen molar-refractivity contribution in [2.24, 2.45) is 0 Å². The van der Waals surface area contributed by atoms with E-state index in [9.17, 15) is 9.59 Å². The number of ether oxygens (including phenoxy) is 2. The van der Waals surface area contributed by atoms with E-state index < -0.39 is 0 Å². The van der Waals surface area contributed by atoms with Gasteiger partial charge in [-0.15, -0.1) is 0 Å². The first-order chi connectivity index (χ1) is 16.4. The number of methoxy groups -OCH3 is 1. The third-order valence-corrected chi connectivity index (χ3v) is 6.37. The Balaban J connectivity index is 1.45. The molecule has 9 heteroatoms. The Morgan fingerprint density at radius 1 is 1.09 bits per heavy atom. The van der Waals surface area contributed by atoms with Gasteiger partial charge in [-0.25, -0.2) is 0 Å². The molecule has 0 aliphatic carbocycles. The highest BCUT2D eigenvalue weighted by Gasteiger charge is 2.33. The number of carbonyl (C=O) groups excluding carboxylic acids is 2. The van der Waals surface area contributed by atoms with Gasteiger partial charge in [0.15, 0.2) is 10.9 Å². The van der Waals surface area contributed by atoms with Crippen LogP contribution in [0, 0.1) is 0 Å². The number of benzene rings is 3. The highest BCUT2D eigenvalue weighted by Crippen LogP contribution is 2.37. The molecule has 1 aliphatic heterocycles. The summed E-state index contributed by atoms with van der Waals surface area (Å²) in [5.41, 5.74) is 1.94. The standard InChI is InChI=1S/C25H19ClN2O4S2/c1-31-20-12-8-18(9-13-20)27-23(29)15-32-21-5-3-2-4-16(21)14-22-24(30)28(25(33)34-22)19-10-6-17(26)7-11-19/h2-14H,15H2,1H3,(H,27,29)/b22-14-. The number of hydrogen-bond acceptors (Lipinski definition) is 6. The van der Waals surface area contributed by atoms with Crippen molar-refractivity contribution in [1.82, 2.24) is 0 Å². The van der Waals surface area contributed by atoms with Crippen LogP contribution in [0.5, 0.6) is 11.5 Å². The maximum atomic E-state index is 13.0. The molecule has 1 fully saturated rings. The SMILES string of the molecule is COc1ccc(NC(=O)COc2ccccc2/C=C2\SC(=S)N(c3ccc(Cl)cc3)C2=O)cc1. The number of nitrogens with one attached hydrogen (secondary N) is 1. The third kappa shape index (κ3) is 5.59. The van der Waals surface area contributed by atoms with Crippen LogP contribution < -0.4 is 19.7 Å². The topological polar surface area (TPSA) is 67.9 Å². The Hall–Kier alpha value is -3.33. The Morgan fingerprint density at radius 2 is 1.79 bits per heavy atom. The molecule has 1 aliphatic rings. The monoisotopic (exact) mass is 510 g/mol. The molecule has 3 aromatic rings. The second-order valence-electron chi connectivity index (χ2n) is 7.10. The van der Waals surface area contributed by atoms with Crippen molar-refractivity contribution in [2.45, 2.75) is 0 Å². The predicted octanol–water partition coefficient (Wildman–Crippen LogP) is 5.77. The van der Waals surface area contributed by atoms with Crippen LogP contribution in [0.25, 0.3) is 6.08 Å². The zero-order valence-corrected chi connectivity index (χ0v) is 20.4. The average Bonchev–Trinajstić information content (AvgIpc) is 3.12. The van der Waals surface area contributed by atoms with E-state index in [2.05, 4.69) is 5.32 Å². The van der Waals surface area contributed by atoms with Gasteiger partial charge < -0.3 is 14.8 Å². The summed E-state index contributed by atoms with van der Waals surface area (Å²) in [4.78, 5) is 27.3. The molecule has 0 radical (unpaired) electrons. The Morgan fingerprint density at radius 3 is 2.50 bits per heavy atom. The summed E-state index contributed by atoms with van der Waals surface area (Å²) in [5.74, 6) is 0.632. The molecule has 0 saturated carbocycles. The normalized spacial score (nSPS) is 14.4. The molecule has 1 saturated heterocycles. The van der Waals surface area contributed by atoms with E-state index in [0.29, 0.717) is 42.7 Å². The fourth-order valence-electron chi connectivity index (χ4n) is 3.17. The second-order valence-corrected chi connectivity index (χ2v) is 9.21. The molecule has 172 valence electrons. The molecule has 1 N–H and O–H groups in total. The fourth-order valence-corrected chi connectivity index (χ4v) is 4.58. The lowest BCUT2D eigenvalue weighted by Gasteiger charge is -2.14. The quantitative estimate of drug-likeness (QED) is 0.321. The van der Waals surface area contributed by atoms with E-state index >= 15 is 0 Å². The summed E-state index contributed by atoms with van der Waals surface area (Å²) in [6, 6.07) is 21.1. The number of halogens is 1. The number of amides is 2. The number of thioether (sulfide) groups is 1. The van der Waals surface area contributed by atoms with Crippen LogP contribution >= 0.6 is 35.6 Å². The van der Waals surface area contributed by atoms with Gasteiger partial charge in [0.1, 0.15) is 11.5 Å². The van der Waals surface area contributed by atoms with Crippen LogP contribution in [0.4, 0.5) is 11.4 Å². The number of hydrogen-bond donors (Lipinski definition) is 1. The number of para-hydroxylation sites is 1. The Labute approximate surface area is 211 Å². The number of nitrogens with zero attached hydrogens (tertiary/aromatic N) is 1. The summed E-state index contributed by atoms with van der Waals surface area (Å²) >= 11 is 12.6. The molecule has 0 spiro atoms. The molecule has 6 nitrogen and oxygen atoms in total. The number of carbonyl (C=O) groups is 2. The first-order valence-corrected chi connectivity index (χ1v) is 11.7. The Kier molecular flexibility index (Phi) is 7.52. The molecular formula is C25H19ClN2O4S2. The molecule has 0 atom stereocenters. The average molecular weight is 511 g/mol. The van der Waals surface area contributed by atoms with Crippen LogP contribution in [-0.2, 0) is 9.59 Å². The van der Waals surface area contributed by atoms with Gasteiger partial charge in [0.25, 0.3) is 11.8 Å². The highest BCUT2D eigenvalue weighted by molar-refractivity contribution is 8.27. The molecule has 0 aromatic heterocycles. The minimum absolute atomic E-state index is 0.192. The summed E-state index contributed by atoms with van der Waals surface area (Å²) in [6.07, 6.45) is 1.71. The largest absolute Gasteiger partial charge is 0.497 e. The lowest BCUT2D eigenvalue weighted by Crippen LogP contribution is -2.27. The minimum atomic E-state index is -0.311. The van der Waals surface area contributed by atoms with E-state index in [1.807, 2.05) is 12.1 Å². The minimum Gasteiger partial charge on any atom is -0.497 e. The van der Waals surface area contributed by atoms with Crippen LogP contribution in [0.2, 0.25) is 5.02 Å². The highest BCUT2D eigenvalue weighted by atomic mass is 35.5. The maximum absolute atomic E-state index is 13.0. The first kappa shape index (κ1) is 23.8. The summed E-state index contributed by atoms with van der Waals surface area (Å²) in [6.45, 7) is -0.192. The molecule has 0 bridgehead atoms. The van der Waals surface area contributed by atoms with Crippen LogP contribution in [0.15, 0.2) is 77.7 Å². The van der Waals surface area contributed by atoms with Gasteiger partial charge in [-0.2, -0.15) is 0 Å². The molecule has 2 amide bonds. The summed E-state index contributed by atoms with van der Waals surface area (Å²) < 4.78 is 11.3. The zero-order valence-electron chi connectivity index (χ0n) is 18.0. The number of rotatable bonds is 7. The predicted molar refractivity (Wildman–Crippen MR) is 141 cm³/mol. The molecule has 3 aromatic carbocycles. The summed E-state index contributed by atoms with van der Waals surface area (Å²) in [7, 11) is 1.58. The van der Waals surface area contributed by atoms with Crippen molar-refractivity contribution in [3.63, 3.8) is 0 Å². The third-order valence-electron chi connectivity index (χ3n) is 4.82. The molecular weight excluding hydrogens is 492 g/mol. The molecule has 34 heavy (non-hydrogen) atoms. The number of anilines is 2. The van der Waals surface area contributed by atoms with Crippen LogP contribution in [0.1, 0.15) is 5.56 Å². The van der Waals surface area contributed by atoms with Gasteiger partial charge in [-0.3, -0.25) is 14.5 Å². The van der Waals surface area contributed by atoms with Crippen LogP contribution in [0.3, 0.4) is 0 Å². The first-order valence-electron chi connectivity index (χ1n) is 10.1. The summed E-state index contributed by atoms with van der Waals surface area (Å²) in [5, 5.41) is 3.35. The van der Waals surface area contributed by atoms with Crippen LogP contribution in [-0.4, -0.2) is 29.9 Å². The van der Waals surface area contributed by atoms with E-state index in [4.69, 9.17) is 33.3 Å². The van der Waals surface area contributed by atoms with E-state index in [0.717, 1.165) is 0 Å². The maximum Gasteiger partial charge on any atom is 0.270 e. The van der Waals surface area contributed by atoms with E-state index in [1.54, 1.807) is 73.8 Å².